The molecule has 0 saturated heterocycles. The number of thiophene rings is 1. The highest BCUT2D eigenvalue weighted by atomic mass is 32.1. The number of benzene rings is 8. The van der Waals surface area contributed by atoms with E-state index in [-0.39, 0.29) is 0 Å². The number of fused-ring (bicyclic) bond motifs is 9. The smallest absolute Gasteiger partial charge is 0.137 e. The van der Waals surface area contributed by atoms with Crippen LogP contribution >= 0.6 is 11.3 Å². The Labute approximate surface area is 275 Å². The third kappa shape index (κ3) is 4.10. The molecular formula is C44H27NOS. The molecule has 8 aromatic carbocycles. The van der Waals surface area contributed by atoms with E-state index in [4.69, 9.17) is 4.42 Å². The van der Waals surface area contributed by atoms with E-state index in [1.54, 1.807) is 0 Å². The van der Waals surface area contributed by atoms with E-state index in [1.807, 2.05) is 23.5 Å². The van der Waals surface area contributed by atoms with Crippen molar-refractivity contribution >= 4 is 92.1 Å². The quantitative estimate of drug-likeness (QED) is 0.183. The Morgan fingerprint density at radius 1 is 0.426 bits per heavy atom. The van der Waals surface area contributed by atoms with Gasteiger partial charge in [-0.25, -0.2) is 0 Å². The molecule has 0 fully saturated rings. The number of anilines is 3. The minimum atomic E-state index is 0.885. The maximum atomic E-state index is 6.39. The van der Waals surface area contributed by atoms with Crippen LogP contribution in [0.3, 0.4) is 0 Å². The molecule has 10 rings (SSSR count). The number of nitrogens with zero attached hydrogens (tertiary/aromatic N) is 1. The Morgan fingerprint density at radius 3 is 1.96 bits per heavy atom. The predicted octanol–water partition coefficient (Wildman–Crippen LogP) is 13.4. The molecule has 2 aromatic heterocycles. The molecule has 0 bridgehead atoms. The first-order valence-electron chi connectivity index (χ1n) is 15.9. The number of hydrogen-bond donors (Lipinski definition) is 0. The molecule has 2 heterocycles. The lowest BCUT2D eigenvalue weighted by atomic mass is 9.93. The molecule has 0 amide bonds. The van der Waals surface area contributed by atoms with Crippen molar-refractivity contribution < 1.29 is 4.42 Å². The predicted molar refractivity (Wildman–Crippen MR) is 202 cm³/mol. The summed E-state index contributed by atoms with van der Waals surface area (Å²) in [4.78, 5) is 2.39. The molecule has 0 atom stereocenters. The third-order valence-corrected chi connectivity index (χ3v) is 10.6. The molecule has 0 aliphatic rings. The maximum absolute atomic E-state index is 6.39. The van der Waals surface area contributed by atoms with Gasteiger partial charge >= 0.3 is 0 Å². The number of furan rings is 1. The van der Waals surface area contributed by atoms with Crippen molar-refractivity contribution in [1.29, 1.82) is 0 Å². The van der Waals surface area contributed by atoms with E-state index >= 15 is 0 Å². The van der Waals surface area contributed by atoms with Crippen LogP contribution in [0, 0.1) is 0 Å². The third-order valence-electron chi connectivity index (χ3n) is 9.45. The normalized spacial score (nSPS) is 11.8. The zero-order chi connectivity index (χ0) is 30.9. The van der Waals surface area contributed by atoms with Crippen LogP contribution in [0.1, 0.15) is 0 Å². The van der Waals surface area contributed by atoms with Gasteiger partial charge in [-0.1, -0.05) is 103 Å². The van der Waals surface area contributed by atoms with E-state index in [9.17, 15) is 0 Å². The summed E-state index contributed by atoms with van der Waals surface area (Å²) in [6.07, 6.45) is 0. The Balaban J connectivity index is 1.19. The van der Waals surface area contributed by atoms with Gasteiger partial charge in [0.05, 0.1) is 5.69 Å². The second kappa shape index (κ2) is 10.3. The Hall–Kier alpha value is -5.90. The van der Waals surface area contributed by atoms with Crippen molar-refractivity contribution in [3.63, 3.8) is 0 Å². The summed E-state index contributed by atoms with van der Waals surface area (Å²) in [5.41, 5.74) is 7.54. The van der Waals surface area contributed by atoms with E-state index in [0.29, 0.717) is 0 Å². The standard InChI is InChI=1S/C44H27NOS/c1-2-11-32-29(10-1)26-38(34-13-4-3-12-33(32)34)28-20-22-30(23-21-28)45(31-24-25-36-35-14-5-7-17-40(35)46-41(36)27-31)39-16-9-19-43-44(39)37-15-6-8-18-42(37)47-43/h1-27H. The van der Waals surface area contributed by atoms with Gasteiger partial charge in [0.25, 0.3) is 0 Å². The van der Waals surface area contributed by atoms with Gasteiger partial charge in [-0.2, -0.15) is 0 Å². The van der Waals surface area contributed by atoms with Gasteiger partial charge in [0, 0.05) is 48.4 Å². The lowest BCUT2D eigenvalue weighted by Gasteiger charge is -2.26. The molecule has 0 spiro atoms. The second-order valence-electron chi connectivity index (χ2n) is 12.1. The zero-order valence-electron chi connectivity index (χ0n) is 25.4. The van der Waals surface area contributed by atoms with Crippen LogP contribution in [0.4, 0.5) is 17.1 Å². The highest BCUT2D eigenvalue weighted by Crippen LogP contribution is 2.46. The van der Waals surface area contributed by atoms with Crippen LogP contribution in [-0.4, -0.2) is 0 Å². The van der Waals surface area contributed by atoms with Gasteiger partial charge in [0.1, 0.15) is 11.2 Å². The Bertz CT molecular complexity index is 2810. The molecule has 220 valence electrons. The first-order valence-corrected chi connectivity index (χ1v) is 16.7. The van der Waals surface area contributed by atoms with Crippen LogP contribution < -0.4 is 4.90 Å². The highest BCUT2D eigenvalue weighted by molar-refractivity contribution is 7.26. The van der Waals surface area contributed by atoms with Crippen molar-refractivity contribution in [2.45, 2.75) is 0 Å². The molecule has 0 N–H and O–H groups in total. The number of rotatable bonds is 4. The second-order valence-corrected chi connectivity index (χ2v) is 13.2. The monoisotopic (exact) mass is 617 g/mol. The highest BCUT2D eigenvalue weighted by Gasteiger charge is 2.20. The first-order chi connectivity index (χ1) is 23.3. The Kier molecular flexibility index (Phi) is 5.78. The fourth-order valence-corrected chi connectivity index (χ4v) is 8.43. The SMILES string of the molecule is c1ccc2c(c1)cc(-c1ccc(N(c3ccc4c(c3)oc3ccccc34)c3cccc4sc5ccccc5c34)cc1)c1ccccc12. The summed E-state index contributed by atoms with van der Waals surface area (Å²) in [5, 5.41) is 9.89. The van der Waals surface area contributed by atoms with Gasteiger partial charge in [-0.15, -0.1) is 11.3 Å². The topological polar surface area (TPSA) is 16.4 Å². The van der Waals surface area contributed by atoms with Crippen LogP contribution in [-0.2, 0) is 0 Å². The summed E-state index contributed by atoms with van der Waals surface area (Å²) in [6.45, 7) is 0. The van der Waals surface area contributed by atoms with Gasteiger partial charge in [-0.3, -0.25) is 0 Å². The van der Waals surface area contributed by atoms with Gasteiger partial charge in [-0.05, 0) is 87.3 Å². The minimum Gasteiger partial charge on any atom is -0.456 e. The summed E-state index contributed by atoms with van der Waals surface area (Å²) in [5.74, 6) is 0. The molecule has 0 radical (unpaired) electrons. The molecule has 0 unspecified atom stereocenters. The lowest BCUT2D eigenvalue weighted by molar-refractivity contribution is 0.669. The first kappa shape index (κ1) is 26.3. The largest absolute Gasteiger partial charge is 0.456 e. The van der Waals surface area contributed by atoms with Crippen LogP contribution in [0.25, 0.3) is 74.8 Å². The van der Waals surface area contributed by atoms with E-state index < -0.39 is 0 Å². The minimum absolute atomic E-state index is 0.885. The van der Waals surface area contributed by atoms with E-state index in [1.165, 1.54) is 52.8 Å². The zero-order valence-corrected chi connectivity index (χ0v) is 26.2. The van der Waals surface area contributed by atoms with Crippen molar-refractivity contribution in [3.05, 3.63) is 164 Å². The summed E-state index contributed by atoms with van der Waals surface area (Å²) >= 11 is 1.85. The Morgan fingerprint density at radius 2 is 1.09 bits per heavy atom. The molecule has 10 aromatic rings. The summed E-state index contributed by atoms with van der Waals surface area (Å²) < 4.78 is 8.95. The average molecular weight is 618 g/mol. The van der Waals surface area contributed by atoms with Crippen molar-refractivity contribution in [1.82, 2.24) is 0 Å². The molecule has 2 nitrogen and oxygen atoms in total. The molecule has 3 heteroatoms. The molecule has 0 aliphatic carbocycles. The lowest BCUT2D eigenvalue weighted by Crippen LogP contribution is -2.10. The number of hydrogen-bond acceptors (Lipinski definition) is 3. The number of para-hydroxylation sites is 1. The summed E-state index contributed by atoms with van der Waals surface area (Å²) in [7, 11) is 0. The van der Waals surface area contributed by atoms with Crippen molar-refractivity contribution in [3.8, 4) is 11.1 Å². The fraction of sp³-hybridized carbons (Fsp3) is 0. The molecular weight excluding hydrogens is 591 g/mol. The van der Waals surface area contributed by atoms with Gasteiger partial charge in [0.15, 0.2) is 0 Å². The molecule has 47 heavy (non-hydrogen) atoms. The van der Waals surface area contributed by atoms with Crippen LogP contribution in [0.5, 0.6) is 0 Å². The van der Waals surface area contributed by atoms with Crippen LogP contribution in [0.15, 0.2) is 168 Å². The van der Waals surface area contributed by atoms with Gasteiger partial charge in [0.2, 0.25) is 0 Å². The summed E-state index contributed by atoms with van der Waals surface area (Å²) in [6, 6.07) is 59.1. The van der Waals surface area contributed by atoms with Crippen LogP contribution in [0.2, 0.25) is 0 Å². The van der Waals surface area contributed by atoms with E-state index in [0.717, 1.165) is 39.0 Å². The maximum Gasteiger partial charge on any atom is 0.137 e. The van der Waals surface area contributed by atoms with Crippen molar-refractivity contribution in [2.24, 2.45) is 0 Å². The van der Waals surface area contributed by atoms with Crippen molar-refractivity contribution in [2.75, 3.05) is 4.90 Å². The molecule has 0 saturated carbocycles. The van der Waals surface area contributed by atoms with Gasteiger partial charge < -0.3 is 9.32 Å². The van der Waals surface area contributed by atoms with E-state index in [2.05, 4.69) is 157 Å². The average Bonchev–Trinajstić information content (AvgIpc) is 3.70. The fourth-order valence-electron chi connectivity index (χ4n) is 7.31. The molecule has 0 aliphatic heterocycles.